The lowest BCUT2D eigenvalue weighted by Gasteiger charge is -2.39. The van der Waals surface area contributed by atoms with Gasteiger partial charge in [-0.3, -0.25) is 8.98 Å². The molecule has 0 spiro atoms. The molecule has 1 heterocycles. The number of likely N-dealkylation sites (tertiary alicyclic amines) is 1. The maximum Gasteiger partial charge on any atom is 0.408 e. The van der Waals surface area contributed by atoms with Crippen LogP contribution in [0, 0.1) is 0 Å². The van der Waals surface area contributed by atoms with E-state index in [9.17, 15) is 18.0 Å². The van der Waals surface area contributed by atoms with E-state index >= 15 is 0 Å². The van der Waals surface area contributed by atoms with Gasteiger partial charge in [0.25, 0.3) is 10.1 Å². The molecule has 10 heteroatoms. The number of carbonyl (C=O) groups excluding carboxylic acids is 2. The Balaban J connectivity index is 1.96. The summed E-state index contributed by atoms with van der Waals surface area (Å²) in [7, 11) is -2.00. The third-order valence-corrected chi connectivity index (χ3v) is 5.28. The van der Waals surface area contributed by atoms with E-state index in [0.29, 0.717) is 32.2 Å². The normalized spacial score (nSPS) is 29.7. The lowest BCUT2D eigenvalue weighted by atomic mass is 9.89. The highest BCUT2D eigenvalue weighted by atomic mass is 32.2. The van der Waals surface area contributed by atoms with Crippen LogP contribution in [-0.2, 0) is 28.6 Å². The summed E-state index contributed by atoms with van der Waals surface area (Å²) in [6, 6.07) is -0.797. The minimum absolute atomic E-state index is 0.171. The molecule has 0 aromatic heterocycles. The lowest BCUT2D eigenvalue weighted by Crippen LogP contribution is -2.52. The third-order valence-electron chi connectivity index (χ3n) is 4.65. The number of hydrogen-bond acceptors (Lipinski definition) is 7. The number of methoxy groups -OCH3 is 1. The first-order valence-electron chi connectivity index (χ1n) is 9.10. The van der Waals surface area contributed by atoms with Crippen LogP contribution in [0.3, 0.4) is 0 Å². The highest BCUT2D eigenvalue weighted by Crippen LogP contribution is 2.31. The minimum Gasteiger partial charge on any atom is -0.444 e. The van der Waals surface area contributed by atoms with Crippen molar-refractivity contribution in [1.29, 1.82) is 0 Å². The highest BCUT2D eigenvalue weighted by molar-refractivity contribution is 7.86. The molecule has 2 amide bonds. The highest BCUT2D eigenvalue weighted by Gasteiger charge is 2.43. The monoisotopic (exact) mass is 406 g/mol. The summed E-state index contributed by atoms with van der Waals surface area (Å²) < 4.78 is 38.5. The average molecular weight is 407 g/mol. The van der Waals surface area contributed by atoms with E-state index in [1.165, 1.54) is 7.11 Å². The Hall–Kier alpha value is -1.39. The summed E-state index contributed by atoms with van der Waals surface area (Å²) >= 11 is 0. The summed E-state index contributed by atoms with van der Waals surface area (Å²) in [5, 5.41) is 2.63. The van der Waals surface area contributed by atoms with Crippen LogP contribution in [0.15, 0.2) is 0 Å². The largest absolute Gasteiger partial charge is 0.444 e. The summed E-state index contributed by atoms with van der Waals surface area (Å²) in [4.78, 5) is 26.4. The average Bonchev–Trinajstić information content (AvgIpc) is 2.84. The van der Waals surface area contributed by atoms with Crippen molar-refractivity contribution >= 4 is 22.1 Å². The molecule has 2 rings (SSSR count). The van der Waals surface area contributed by atoms with Crippen molar-refractivity contribution in [3.8, 4) is 0 Å². The lowest BCUT2D eigenvalue weighted by molar-refractivity contribution is -0.136. The van der Waals surface area contributed by atoms with Gasteiger partial charge in [-0.15, -0.1) is 0 Å². The third kappa shape index (κ3) is 6.32. The molecule has 0 radical (unpaired) electrons. The van der Waals surface area contributed by atoms with E-state index < -0.39 is 34.0 Å². The molecule has 0 bridgehead atoms. The van der Waals surface area contributed by atoms with Crippen molar-refractivity contribution in [2.45, 2.75) is 76.3 Å². The fourth-order valence-corrected chi connectivity index (χ4v) is 4.31. The van der Waals surface area contributed by atoms with E-state index in [4.69, 9.17) is 13.7 Å². The predicted octanol–water partition coefficient (Wildman–Crippen LogP) is 1.02. The molecule has 0 aromatic rings. The second-order valence-corrected chi connectivity index (χ2v) is 9.70. The second-order valence-electron chi connectivity index (χ2n) is 8.10. The van der Waals surface area contributed by atoms with Gasteiger partial charge in [-0.05, 0) is 40.0 Å². The Morgan fingerprint density at radius 1 is 1.22 bits per heavy atom. The van der Waals surface area contributed by atoms with Gasteiger partial charge in [0.1, 0.15) is 11.6 Å². The molecule has 2 aliphatic rings. The van der Waals surface area contributed by atoms with Crippen molar-refractivity contribution in [2.75, 3.05) is 19.9 Å². The van der Waals surface area contributed by atoms with Crippen molar-refractivity contribution < 1.29 is 31.7 Å². The van der Waals surface area contributed by atoms with Crippen molar-refractivity contribution in [3.63, 3.8) is 0 Å². The number of ether oxygens (including phenoxy) is 2. The van der Waals surface area contributed by atoms with Gasteiger partial charge < -0.3 is 19.7 Å². The number of hydrogen-bond donors (Lipinski definition) is 1. The zero-order chi connectivity index (χ0) is 20.4. The van der Waals surface area contributed by atoms with E-state index in [0.717, 1.165) is 6.26 Å². The van der Waals surface area contributed by atoms with Crippen LogP contribution < -0.4 is 5.32 Å². The second kappa shape index (κ2) is 8.32. The van der Waals surface area contributed by atoms with Crippen LogP contribution in [0.25, 0.3) is 0 Å². The minimum atomic E-state index is -3.54. The first-order valence-corrected chi connectivity index (χ1v) is 10.9. The van der Waals surface area contributed by atoms with Gasteiger partial charge in [-0.1, -0.05) is 0 Å². The van der Waals surface area contributed by atoms with Crippen LogP contribution in [0.5, 0.6) is 0 Å². The SMILES string of the molecule is COC1CC(OS(C)(=O)=O)CCC1N1CCC(NC(=O)OC(C)(C)C)C1=O. The predicted molar refractivity (Wildman–Crippen MR) is 97.6 cm³/mol. The Kier molecular flexibility index (Phi) is 6.75. The molecule has 27 heavy (non-hydrogen) atoms. The smallest absolute Gasteiger partial charge is 0.408 e. The Bertz CT molecular complexity index is 659. The van der Waals surface area contributed by atoms with Gasteiger partial charge in [0.2, 0.25) is 5.91 Å². The molecule has 156 valence electrons. The molecular formula is C17H30N2O7S. The molecule has 1 aliphatic heterocycles. The first kappa shape index (κ1) is 21.9. The maximum absolute atomic E-state index is 12.8. The van der Waals surface area contributed by atoms with Crippen molar-refractivity contribution in [3.05, 3.63) is 0 Å². The van der Waals surface area contributed by atoms with Gasteiger partial charge in [-0.2, -0.15) is 8.42 Å². The number of nitrogens with zero attached hydrogens (tertiary/aromatic N) is 1. The molecule has 2 fully saturated rings. The zero-order valence-corrected chi connectivity index (χ0v) is 17.4. The van der Waals surface area contributed by atoms with E-state index in [-0.39, 0.29) is 18.1 Å². The number of alkyl carbamates (subject to hydrolysis) is 1. The van der Waals surface area contributed by atoms with Crippen LogP contribution in [0.4, 0.5) is 4.79 Å². The van der Waals surface area contributed by atoms with Gasteiger partial charge >= 0.3 is 6.09 Å². The van der Waals surface area contributed by atoms with E-state index in [1.54, 1.807) is 25.7 Å². The summed E-state index contributed by atoms with van der Waals surface area (Å²) in [5.74, 6) is -0.171. The molecule has 0 aromatic carbocycles. The molecule has 1 N–H and O–H groups in total. The van der Waals surface area contributed by atoms with E-state index in [2.05, 4.69) is 5.32 Å². The molecule has 1 saturated heterocycles. The maximum atomic E-state index is 12.8. The van der Waals surface area contributed by atoms with E-state index in [1.807, 2.05) is 0 Å². The number of amides is 2. The Labute approximate surface area is 160 Å². The van der Waals surface area contributed by atoms with Crippen molar-refractivity contribution in [2.24, 2.45) is 0 Å². The van der Waals surface area contributed by atoms with Crippen LogP contribution in [0.1, 0.15) is 46.5 Å². The van der Waals surface area contributed by atoms with Gasteiger partial charge in [0.15, 0.2) is 0 Å². The van der Waals surface area contributed by atoms with Gasteiger partial charge in [-0.25, -0.2) is 4.79 Å². The van der Waals surface area contributed by atoms with Gasteiger partial charge in [0, 0.05) is 20.1 Å². The summed E-state index contributed by atoms with van der Waals surface area (Å²) in [6.45, 7) is 5.78. The Morgan fingerprint density at radius 2 is 1.89 bits per heavy atom. The number of carbonyl (C=O) groups is 2. The van der Waals surface area contributed by atoms with Crippen molar-refractivity contribution in [1.82, 2.24) is 10.2 Å². The van der Waals surface area contributed by atoms with Crippen LogP contribution >= 0.6 is 0 Å². The molecule has 4 unspecified atom stereocenters. The Morgan fingerprint density at radius 3 is 2.44 bits per heavy atom. The first-order chi connectivity index (χ1) is 12.4. The van der Waals surface area contributed by atoms with Crippen LogP contribution in [0.2, 0.25) is 0 Å². The number of rotatable bonds is 5. The standard InChI is InChI=1S/C17H30N2O7S/c1-17(2,3)25-16(21)18-12-8-9-19(15(12)20)13-7-6-11(10-14(13)24-4)26-27(5,22)23/h11-14H,6-10H2,1-5H3,(H,18,21). The topological polar surface area (TPSA) is 111 Å². The molecule has 1 saturated carbocycles. The molecule has 1 aliphatic carbocycles. The fourth-order valence-electron chi connectivity index (χ4n) is 3.64. The van der Waals surface area contributed by atoms with Crippen LogP contribution in [-0.4, -0.2) is 75.1 Å². The summed E-state index contributed by atoms with van der Waals surface area (Å²) in [5.41, 5.74) is -0.634. The molecular weight excluding hydrogens is 376 g/mol. The quantitative estimate of drug-likeness (QED) is 0.679. The zero-order valence-electron chi connectivity index (χ0n) is 16.6. The fraction of sp³-hybridized carbons (Fsp3) is 0.882. The number of nitrogens with one attached hydrogen (secondary N) is 1. The molecule has 9 nitrogen and oxygen atoms in total. The van der Waals surface area contributed by atoms with Gasteiger partial charge in [0.05, 0.1) is 24.5 Å². The molecule has 4 atom stereocenters. The summed E-state index contributed by atoms with van der Waals surface area (Å²) in [6.07, 6.45) is 1.62.